The Balaban J connectivity index is 0.000000604. The third kappa shape index (κ3) is 3.69. The Kier molecular flexibility index (Phi) is 6.26. The molecule has 3 heteroatoms. The van der Waals surface area contributed by atoms with Crippen LogP contribution < -0.4 is 0 Å². The normalized spacial score (nSPS) is 10.8. The van der Waals surface area contributed by atoms with E-state index >= 15 is 0 Å². The van der Waals surface area contributed by atoms with Crippen molar-refractivity contribution in [2.45, 2.75) is 13.3 Å². The molecule has 0 unspecified atom stereocenters. The first-order valence-corrected chi connectivity index (χ1v) is 15.6. The summed E-state index contributed by atoms with van der Waals surface area (Å²) >= 11 is -0.826. The summed E-state index contributed by atoms with van der Waals surface area (Å²) in [5.41, 5.74) is 4.10. The molecule has 0 spiro atoms. The molecule has 0 aliphatic carbocycles. The Bertz CT molecular complexity index is 1200. The van der Waals surface area contributed by atoms with E-state index in [1.165, 1.54) is 49.0 Å². The third-order valence-electron chi connectivity index (χ3n) is 5.26. The van der Waals surface area contributed by atoms with Crippen LogP contribution in [0.4, 0.5) is 0 Å². The van der Waals surface area contributed by atoms with Crippen molar-refractivity contribution in [1.29, 1.82) is 0 Å². The number of fused-ring (bicyclic) bond motifs is 3. The predicted molar refractivity (Wildman–Crippen MR) is 121 cm³/mol. The quantitative estimate of drug-likeness (QED) is 0.175. The molecule has 28 heavy (non-hydrogen) atoms. The van der Waals surface area contributed by atoms with E-state index < -0.39 is 20.8 Å². The van der Waals surface area contributed by atoms with Crippen LogP contribution in [0.25, 0.3) is 43.4 Å². The molecule has 0 aromatic heterocycles. The number of aryl methyl sites for hydroxylation is 1. The van der Waals surface area contributed by atoms with Gasteiger partial charge in [0.05, 0.1) is 0 Å². The third-order valence-corrected chi connectivity index (χ3v) is 5.26. The van der Waals surface area contributed by atoms with Crippen molar-refractivity contribution in [3.63, 3.8) is 0 Å². The number of hydrogen-bond acceptors (Lipinski definition) is 0. The summed E-state index contributed by atoms with van der Waals surface area (Å²) in [6.07, 6.45) is 1.07. The average Bonchev–Trinajstić information content (AvgIpc) is 3.16. The molecule has 0 radical (unpaired) electrons. The molecule has 0 fully saturated rings. The molecule has 0 atom stereocenters. The maximum atomic E-state index is 4.93. The number of benzene rings is 4. The Morgan fingerprint density at radius 2 is 1.36 bits per heavy atom. The van der Waals surface area contributed by atoms with Crippen molar-refractivity contribution in [3.8, 4) is 11.1 Å². The van der Waals surface area contributed by atoms with Gasteiger partial charge in [-0.15, -0.1) is 34.5 Å². The SMILES string of the molecule is CCc1cc2c(-c3c4ccccc4cc4ccccc34)cccc2[cH-]1.[Cl][Zr][Cl]. The second kappa shape index (κ2) is 8.87. The zero-order chi connectivity index (χ0) is 19.5. The van der Waals surface area contributed by atoms with Crippen LogP contribution in [-0.4, -0.2) is 0 Å². The molecule has 0 saturated carbocycles. The topological polar surface area (TPSA) is 0 Å². The minimum absolute atomic E-state index is 0.826. The Hall–Kier alpha value is -1.53. The summed E-state index contributed by atoms with van der Waals surface area (Å²) in [6, 6.07) is 31.1. The van der Waals surface area contributed by atoms with E-state index in [0.717, 1.165) is 6.42 Å². The molecule has 0 heterocycles. The molecule has 138 valence electrons. The van der Waals surface area contributed by atoms with E-state index in [1.807, 2.05) is 0 Å². The van der Waals surface area contributed by atoms with Crippen LogP contribution in [0.5, 0.6) is 0 Å². The van der Waals surface area contributed by atoms with Crippen molar-refractivity contribution in [3.05, 3.63) is 90.5 Å². The van der Waals surface area contributed by atoms with E-state index in [2.05, 4.69) is 91.9 Å². The molecule has 0 aliphatic rings. The van der Waals surface area contributed by atoms with Crippen LogP contribution in [0.2, 0.25) is 0 Å². The molecule has 0 N–H and O–H groups in total. The van der Waals surface area contributed by atoms with Gasteiger partial charge in [0.15, 0.2) is 0 Å². The summed E-state index contributed by atoms with van der Waals surface area (Å²) in [7, 11) is 9.87. The van der Waals surface area contributed by atoms with E-state index in [-0.39, 0.29) is 0 Å². The van der Waals surface area contributed by atoms with Gasteiger partial charge in [0.1, 0.15) is 0 Å². The van der Waals surface area contributed by atoms with Gasteiger partial charge in [0, 0.05) is 0 Å². The Morgan fingerprint density at radius 1 is 0.750 bits per heavy atom. The van der Waals surface area contributed by atoms with E-state index in [9.17, 15) is 0 Å². The molecular weight excluding hydrogens is 462 g/mol. The summed E-state index contributed by atoms with van der Waals surface area (Å²) in [4.78, 5) is 0. The second-order valence-corrected chi connectivity index (χ2v) is 10.5. The molecule has 0 aliphatic heterocycles. The van der Waals surface area contributed by atoms with Crippen LogP contribution >= 0.6 is 17.0 Å². The van der Waals surface area contributed by atoms with Gasteiger partial charge in [-0.05, 0) is 39.6 Å². The maximum absolute atomic E-state index is 4.93. The molecule has 0 saturated heterocycles. The average molecular weight is 482 g/mol. The van der Waals surface area contributed by atoms with Crippen molar-refractivity contribution >= 4 is 49.3 Å². The molecular formula is C25H19Cl2Zr-. The fourth-order valence-electron chi connectivity index (χ4n) is 4.02. The van der Waals surface area contributed by atoms with Gasteiger partial charge in [0.2, 0.25) is 0 Å². The monoisotopic (exact) mass is 479 g/mol. The molecule has 0 bridgehead atoms. The number of hydrogen-bond donors (Lipinski definition) is 0. The van der Waals surface area contributed by atoms with Crippen LogP contribution in [0, 0.1) is 0 Å². The summed E-state index contributed by atoms with van der Waals surface area (Å²) in [5.74, 6) is 0. The van der Waals surface area contributed by atoms with Crippen molar-refractivity contribution in [2.24, 2.45) is 0 Å². The molecule has 0 nitrogen and oxygen atoms in total. The van der Waals surface area contributed by atoms with E-state index in [1.54, 1.807) is 0 Å². The van der Waals surface area contributed by atoms with Gasteiger partial charge >= 0.3 is 37.9 Å². The minimum atomic E-state index is -0.826. The summed E-state index contributed by atoms with van der Waals surface area (Å²) in [6.45, 7) is 2.22. The van der Waals surface area contributed by atoms with Crippen LogP contribution in [0.3, 0.4) is 0 Å². The zero-order valence-electron chi connectivity index (χ0n) is 15.5. The van der Waals surface area contributed by atoms with Crippen LogP contribution in [0.15, 0.2) is 84.9 Å². The fourth-order valence-corrected chi connectivity index (χ4v) is 4.02. The Labute approximate surface area is 184 Å². The zero-order valence-corrected chi connectivity index (χ0v) is 19.5. The van der Waals surface area contributed by atoms with Crippen LogP contribution in [-0.2, 0) is 27.3 Å². The van der Waals surface area contributed by atoms with Crippen molar-refractivity contribution in [2.75, 3.05) is 0 Å². The van der Waals surface area contributed by atoms with Crippen molar-refractivity contribution in [1.82, 2.24) is 0 Å². The number of halogens is 2. The first-order valence-electron chi connectivity index (χ1n) is 9.32. The summed E-state index contributed by atoms with van der Waals surface area (Å²) < 4.78 is 0. The first kappa shape index (κ1) is 19.8. The first-order chi connectivity index (χ1) is 13.8. The van der Waals surface area contributed by atoms with Gasteiger partial charge in [-0.25, -0.2) is 0 Å². The van der Waals surface area contributed by atoms with E-state index in [4.69, 9.17) is 17.0 Å². The predicted octanol–water partition coefficient (Wildman–Crippen LogP) is 8.47. The van der Waals surface area contributed by atoms with Gasteiger partial charge in [-0.3, -0.25) is 0 Å². The van der Waals surface area contributed by atoms with Gasteiger partial charge in [-0.1, -0.05) is 67.1 Å². The van der Waals surface area contributed by atoms with Gasteiger partial charge in [-0.2, -0.15) is 6.07 Å². The molecule has 5 aromatic rings. The standard InChI is InChI=1S/C25H19.2ClH.Zr/c1-2-17-14-18-10-7-13-23(24(18)15-17)25-21-11-5-3-8-19(21)16-20-9-4-6-12-22(20)25;;;/h3-16H,2H2,1H3;2*1H;/q-1;;;+2/p-2. The van der Waals surface area contributed by atoms with Crippen molar-refractivity contribution < 1.29 is 20.8 Å². The summed E-state index contributed by atoms with van der Waals surface area (Å²) in [5, 5.41) is 7.96. The molecule has 5 aromatic carbocycles. The second-order valence-electron chi connectivity index (χ2n) is 6.79. The molecule has 5 rings (SSSR count). The Morgan fingerprint density at radius 3 is 1.96 bits per heavy atom. The fraction of sp³-hybridized carbons (Fsp3) is 0.0800. The van der Waals surface area contributed by atoms with E-state index in [0.29, 0.717) is 0 Å². The molecule has 0 amide bonds. The van der Waals surface area contributed by atoms with Gasteiger partial charge in [0.25, 0.3) is 0 Å². The number of rotatable bonds is 2. The van der Waals surface area contributed by atoms with Gasteiger partial charge < -0.3 is 0 Å². The van der Waals surface area contributed by atoms with Crippen LogP contribution in [0.1, 0.15) is 12.5 Å².